The SMILES string of the molecule is CN1CCN(C)C(CNc2ccc(C#N)cc2Cl)C1. The van der Waals surface area contributed by atoms with Crippen molar-refractivity contribution in [2.24, 2.45) is 0 Å². The maximum Gasteiger partial charge on any atom is 0.0992 e. The molecule has 1 aliphatic rings. The third-order valence-electron chi connectivity index (χ3n) is 3.61. The molecule has 1 saturated heterocycles. The molecule has 0 amide bonds. The molecular formula is C14H19ClN4. The van der Waals surface area contributed by atoms with Gasteiger partial charge >= 0.3 is 0 Å². The monoisotopic (exact) mass is 278 g/mol. The lowest BCUT2D eigenvalue weighted by molar-refractivity contribution is 0.122. The Hall–Kier alpha value is -1.28. The van der Waals surface area contributed by atoms with Crippen LogP contribution in [0.15, 0.2) is 18.2 Å². The molecule has 5 heteroatoms. The number of hydrogen-bond donors (Lipinski definition) is 1. The first kappa shape index (κ1) is 14.1. The molecule has 19 heavy (non-hydrogen) atoms. The van der Waals surface area contributed by atoms with E-state index in [-0.39, 0.29) is 0 Å². The quantitative estimate of drug-likeness (QED) is 0.917. The van der Waals surface area contributed by atoms with Gasteiger partial charge in [-0.05, 0) is 32.3 Å². The summed E-state index contributed by atoms with van der Waals surface area (Å²) in [5.74, 6) is 0. The summed E-state index contributed by atoms with van der Waals surface area (Å²) in [6.07, 6.45) is 0. The zero-order valence-corrected chi connectivity index (χ0v) is 12.1. The third kappa shape index (κ3) is 3.60. The van der Waals surface area contributed by atoms with Gasteiger partial charge in [0.1, 0.15) is 0 Å². The minimum absolute atomic E-state index is 0.477. The van der Waals surface area contributed by atoms with Crippen molar-refractivity contribution in [2.75, 3.05) is 45.6 Å². The van der Waals surface area contributed by atoms with E-state index in [0.29, 0.717) is 16.6 Å². The lowest BCUT2D eigenvalue weighted by Gasteiger charge is -2.37. The Morgan fingerprint density at radius 1 is 1.42 bits per heavy atom. The van der Waals surface area contributed by atoms with Gasteiger partial charge in [0.15, 0.2) is 0 Å². The number of halogens is 1. The fourth-order valence-electron chi connectivity index (χ4n) is 2.28. The highest BCUT2D eigenvalue weighted by Gasteiger charge is 2.21. The van der Waals surface area contributed by atoms with Gasteiger partial charge in [-0.1, -0.05) is 11.6 Å². The number of likely N-dealkylation sites (N-methyl/N-ethyl adjacent to an activating group) is 2. The van der Waals surface area contributed by atoms with Gasteiger partial charge < -0.3 is 10.2 Å². The number of benzene rings is 1. The number of nitrogens with zero attached hydrogens (tertiary/aromatic N) is 3. The zero-order valence-electron chi connectivity index (χ0n) is 11.4. The second-order valence-electron chi connectivity index (χ2n) is 5.08. The van der Waals surface area contributed by atoms with Crippen molar-refractivity contribution < 1.29 is 0 Å². The van der Waals surface area contributed by atoms with Crippen LogP contribution in [0.2, 0.25) is 5.02 Å². The van der Waals surface area contributed by atoms with Crippen LogP contribution in [0, 0.1) is 11.3 Å². The molecule has 1 aliphatic heterocycles. The van der Waals surface area contributed by atoms with Gasteiger partial charge in [0.25, 0.3) is 0 Å². The molecule has 0 spiro atoms. The van der Waals surface area contributed by atoms with Crippen LogP contribution in [0.3, 0.4) is 0 Å². The summed E-state index contributed by atoms with van der Waals surface area (Å²) in [7, 11) is 4.30. The van der Waals surface area contributed by atoms with E-state index in [0.717, 1.165) is 31.9 Å². The standard InChI is InChI=1S/C14H19ClN4/c1-18-5-6-19(2)12(10-18)9-17-14-4-3-11(8-16)7-13(14)15/h3-4,7,12,17H,5-6,9-10H2,1-2H3. The van der Waals surface area contributed by atoms with E-state index in [9.17, 15) is 0 Å². The second kappa shape index (κ2) is 6.25. The van der Waals surface area contributed by atoms with Crippen molar-refractivity contribution in [2.45, 2.75) is 6.04 Å². The van der Waals surface area contributed by atoms with Gasteiger partial charge in [0.05, 0.1) is 22.3 Å². The van der Waals surface area contributed by atoms with E-state index in [1.54, 1.807) is 12.1 Å². The molecule has 0 radical (unpaired) electrons. The molecule has 1 N–H and O–H groups in total. The number of nitrogens with one attached hydrogen (secondary N) is 1. The van der Waals surface area contributed by atoms with Gasteiger partial charge in [-0.25, -0.2) is 0 Å². The van der Waals surface area contributed by atoms with Crippen molar-refractivity contribution in [1.82, 2.24) is 9.80 Å². The van der Waals surface area contributed by atoms with Crippen LogP contribution in [0.5, 0.6) is 0 Å². The van der Waals surface area contributed by atoms with E-state index >= 15 is 0 Å². The molecule has 0 bridgehead atoms. The smallest absolute Gasteiger partial charge is 0.0992 e. The summed E-state index contributed by atoms with van der Waals surface area (Å²) in [5, 5.41) is 12.8. The van der Waals surface area contributed by atoms with Crippen molar-refractivity contribution in [3.8, 4) is 6.07 Å². The molecular weight excluding hydrogens is 260 g/mol. The van der Waals surface area contributed by atoms with Crippen LogP contribution >= 0.6 is 11.6 Å². The number of piperazine rings is 1. The van der Waals surface area contributed by atoms with E-state index in [1.807, 2.05) is 6.07 Å². The number of nitriles is 1. The van der Waals surface area contributed by atoms with Crippen LogP contribution in [0.4, 0.5) is 5.69 Å². The Morgan fingerprint density at radius 3 is 2.89 bits per heavy atom. The van der Waals surface area contributed by atoms with E-state index in [1.165, 1.54) is 0 Å². The van der Waals surface area contributed by atoms with Crippen molar-refractivity contribution in [3.63, 3.8) is 0 Å². The molecule has 1 aromatic rings. The molecule has 0 saturated carbocycles. The average molecular weight is 279 g/mol. The summed E-state index contributed by atoms with van der Waals surface area (Å²) >= 11 is 6.15. The van der Waals surface area contributed by atoms with Crippen molar-refractivity contribution in [1.29, 1.82) is 5.26 Å². The highest BCUT2D eigenvalue weighted by atomic mass is 35.5. The molecule has 1 heterocycles. The molecule has 4 nitrogen and oxygen atoms in total. The molecule has 1 aromatic carbocycles. The average Bonchev–Trinajstić information content (AvgIpc) is 2.40. The minimum atomic E-state index is 0.477. The molecule has 0 aromatic heterocycles. The van der Waals surface area contributed by atoms with Crippen LogP contribution in [-0.2, 0) is 0 Å². The van der Waals surface area contributed by atoms with Crippen LogP contribution < -0.4 is 5.32 Å². The topological polar surface area (TPSA) is 42.3 Å². The first-order valence-corrected chi connectivity index (χ1v) is 6.80. The van der Waals surface area contributed by atoms with Crippen LogP contribution in [0.1, 0.15) is 5.56 Å². The Morgan fingerprint density at radius 2 is 2.21 bits per heavy atom. The summed E-state index contributed by atoms with van der Waals surface area (Å²) in [4.78, 5) is 4.71. The highest BCUT2D eigenvalue weighted by molar-refractivity contribution is 6.33. The van der Waals surface area contributed by atoms with Crippen LogP contribution in [-0.4, -0.2) is 56.1 Å². The van der Waals surface area contributed by atoms with Gasteiger partial charge in [-0.15, -0.1) is 0 Å². The summed E-state index contributed by atoms with van der Waals surface area (Å²) in [6, 6.07) is 7.91. The van der Waals surface area contributed by atoms with Crippen molar-refractivity contribution >= 4 is 17.3 Å². The molecule has 2 rings (SSSR count). The summed E-state index contributed by atoms with van der Waals surface area (Å²) in [5.41, 5.74) is 1.48. The first-order valence-electron chi connectivity index (χ1n) is 6.42. The number of rotatable bonds is 3. The number of hydrogen-bond acceptors (Lipinski definition) is 4. The third-order valence-corrected chi connectivity index (χ3v) is 3.92. The Labute approximate surface area is 119 Å². The fraction of sp³-hybridized carbons (Fsp3) is 0.500. The summed E-state index contributed by atoms with van der Waals surface area (Å²) in [6.45, 7) is 4.11. The largest absolute Gasteiger partial charge is 0.382 e. The fourth-order valence-corrected chi connectivity index (χ4v) is 2.52. The molecule has 1 atom stereocenters. The van der Waals surface area contributed by atoms with Gasteiger partial charge in [-0.3, -0.25) is 4.90 Å². The molecule has 1 unspecified atom stereocenters. The second-order valence-corrected chi connectivity index (χ2v) is 5.49. The molecule has 102 valence electrons. The molecule has 1 fully saturated rings. The normalized spacial score (nSPS) is 21.1. The lowest BCUT2D eigenvalue weighted by Crippen LogP contribution is -2.52. The Bertz CT molecular complexity index is 483. The van der Waals surface area contributed by atoms with Gasteiger partial charge in [-0.2, -0.15) is 5.26 Å². The lowest BCUT2D eigenvalue weighted by atomic mass is 10.1. The predicted octanol–water partition coefficient (Wildman–Crippen LogP) is 1.87. The zero-order chi connectivity index (χ0) is 13.8. The first-order chi connectivity index (χ1) is 9.10. The summed E-state index contributed by atoms with van der Waals surface area (Å²) < 4.78 is 0. The predicted molar refractivity (Wildman–Crippen MR) is 78.6 cm³/mol. The maximum absolute atomic E-state index is 8.81. The Balaban J connectivity index is 1.96. The van der Waals surface area contributed by atoms with Gasteiger partial charge in [0.2, 0.25) is 0 Å². The van der Waals surface area contributed by atoms with Crippen LogP contribution in [0.25, 0.3) is 0 Å². The number of anilines is 1. The minimum Gasteiger partial charge on any atom is -0.382 e. The molecule has 0 aliphatic carbocycles. The highest BCUT2D eigenvalue weighted by Crippen LogP contribution is 2.23. The Kier molecular flexibility index (Phi) is 4.65. The maximum atomic E-state index is 8.81. The van der Waals surface area contributed by atoms with E-state index in [4.69, 9.17) is 16.9 Å². The van der Waals surface area contributed by atoms with E-state index in [2.05, 4.69) is 35.3 Å². The van der Waals surface area contributed by atoms with Gasteiger partial charge in [0, 0.05) is 32.2 Å². The van der Waals surface area contributed by atoms with E-state index < -0.39 is 0 Å². The van der Waals surface area contributed by atoms with Crippen molar-refractivity contribution in [3.05, 3.63) is 28.8 Å².